The lowest BCUT2D eigenvalue weighted by atomic mass is 9.98. The first-order chi connectivity index (χ1) is 11.0. The quantitative estimate of drug-likeness (QED) is 0.840. The number of hydrogen-bond acceptors (Lipinski definition) is 4. The van der Waals surface area contributed by atoms with E-state index in [-0.39, 0.29) is 5.54 Å². The lowest BCUT2D eigenvalue weighted by Gasteiger charge is -2.44. The predicted octanol–water partition coefficient (Wildman–Crippen LogP) is 4.00. The molecule has 0 radical (unpaired) electrons. The Labute approximate surface area is 142 Å². The van der Waals surface area contributed by atoms with Crippen molar-refractivity contribution in [1.82, 2.24) is 15.0 Å². The average molecular weight is 329 g/mol. The second-order valence-corrected chi connectivity index (χ2v) is 7.50. The summed E-state index contributed by atoms with van der Waals surface area (Å²) in [5.74, 6) is 1.79. The van der Waals surface area contributed by atoms with Gasteiger partial charge in [0.25, 0.3) is 0 Å². The van der Waals surface area contributed by atoms with Gasteiger partial charge in [-0.1, -0.05) is 11.6 Å². The number of allylic oxidation sites excluding steroid dienone is 2. The summed E-state index contributed by atoms with van der Waals surface area (Å²) in [7, 11) is 0. The molecular weight excluding hydrogens is 308 g/mol. The van der Waals surface area contributed by atoms with Crippen molar-refractivity contribution in [3.63, 3.8) is 0 Å². The van der Waals surface area contributed by atoms with Crippen LogP contribution in [-0.2, 0) is 0 Å². The summed E-state index contributed by atoms with van der Waals surface area (Å²) in [5, 5.41) is 5.35. The molecule has 3 heterocycles. The van der Waals surface area contributed by atoms with Gasteiger partial charge >= 0.3 is 0 Å². The van der Waals surface area contributed by atoms with Gasteiger partial charge in [-0.3, -0.25) is 9.99 Å². The maximum absolute atomic E-state index is 6.07. The summed E-state index contributed by atoms with van der Waals surface area (Å²) < 4.78 is 0. The molecule has 0 spiro atoms. The fourth-order valence-electron chi connectivity index (χ4n) is 3.53. The first kappa shape index (κ1) is 14.9. The predicted molar refractivity (Wildman–Crippen MR) is 93.0 cm³/mol. The highest BCUT2D eigenvalue weighted by Crippen LogP contribution is 2.46. The monoisotopic (exact) mass is 328 g/mol. The normalized spacial score (nSPS) is 21.7. The van der Waals surface area contributed by atoms with Crippen LogP contribution in [0.15, 0.2) is 47.1 Å². The van der Waals surface area contributed by atoms with Crippen molar-refractivity contribution >= 4 is 17.3 Å². The molecule has 4 nitrogen and oxygen atoms in total. The summed E-state index contributed by atoms with van der Waals surface area (Å²) in [6, 6.07) is 1.91. The molecule has 2 aliphatic heterocycles. The SMILES string of the molecule is CC1=CC(c2cncc(Cl)c2)=NC2=CCN(C(C)(C)C3CC3)N12. The first-order valence-electron chi connectivity index (χ1n) is 8.12. The van der Waals surface area contributed by atoms with E-state index < -0.39 is 0 Å². The summed E-state index contributed by atoms with van der Waals surface area (Å²) in [4.78, 5) is 9.01. The lowest BCUT2D eigenvalue weighted by molar-refractivity contribution is -0.0353. The summed E-state index contributed by atoms with van der Waals surface area (Å²) in [5.41, 5.74) is 3.23. The molecule has 1 saturated carbocycles. The lowest BCUT2D eigenvalue weighted by Crippen LogP contribution is -2.52. The van der Waals surface area contributed by atoms with Gasteiger partial charge in [-0.25, -0.2) is 10.0 Å². The van der Waals surface area contributed by atoms with Crippen LogP contribution in [0.5, 0.6) is 0 Å². The van der Waals surface area contributed by atoms with E-state index in [4.69, 9.17) is 16.6 Å². The highest BCUT2D eigenvalue weighted by atomic mass is 35.5. The fourth-order valence-corrected chi connectivity index (χ4v) is 3.71. The Balaban J connectivity index is 1.66. The molecule has 0 saturated heterocycles. The fraction of sp³-hybridized carbons (Fsp3) is 0.444. The number of aliphatic imine (C=N–C) groups is 1. The number of aromatic nitrogens is 1. The van der Waals surface area contributed by atoms with Crippen LogP contribution in [0.2, 0.25) is 5.02 Å². The van der Waals surface area contributed by atoms with Crippen LogP contribution in [0.4, 0.5) is 0 Å². The van der Waals surface area contributed by atoms with Crippen LogP contribution in [0.3, 0.4) is 0 Å². The molecule has 23 heavy (non-hydrogen) atoms. The molecule has 0 atom stereocenters. The van der Waals surface area contributed by atoms with Gasteiger partial charge in [0, 0.05) is 35.7 Å². The van der Waals surface area contributed by atoms with Crippen LogP contribution >= 0.6 is 11.6 Å². The smallest absolute Gasteiger partial charge is 0.145 e. The molecule has 0 unspecified atom stereocenters. The molecule has 3 aliphatic rings. The largest absolute Gasteiger partial charge is 0.262 e. The van der Waals surface area contributed by atoms with Crippen molar-refractivity contribution in [1.29, 1.82) is 0 Å². The zero-order chi connectivity index (χ0) is 16.2. The standard InChI is InChI=1S/C18H21ClN4/c1-12-8-16(13-9-15(19)11-20-10-13)21-17-6-7-22(23(12)17)18(2,3)14-4-5-14/h6,8-11,14H,4-5,7H2,1-3H3. The van der Waals surface area contributed by atoms with Crippen LogP contribution in [0.25, 0.3) is 0 Å². The number of pyridine rings is 1. The van der Waals surface area contributed by atoms with Crippen molar-refractivity contribution in [2.45, 2.75) is 39.2 Å². The van der Waals surface area contributed by atoms with E-state index in [0.29, 0.717) is 5.02 Å². The number of rotatable bonds is 3. The Morgan fingerprint density at radius 3 is 2.74 bits per heavy atom. The summed E-state index contributed by atoms with van der Waals surface area (Å²) in [6.07, 6.45) is 10.4. The second-order valence-electron chi connectivity index (χ2n) is 7.06. The van der Waals surface area contributed by atoms with Crippen molar-refractivity contribution < 1.29 is 0 Å². The zero-order valence-electron chi connectivity index (χ0n) is 13.8. The third kappa shape index (κ3) is 2.50. The summed E-state index contributed by atoms with van der Waals surface area (Å²) >= 11 is 6.07. The van der Waals surface area contributed by atoms with Crippen molar-refractivity contribution in [2.24, 2.45) is 10.9 Å². The number of halogens is 1. The molecular formula is C18H21ClN4. The number of hydrogen-bond donors (Lipinski definition) is 0. The van der Waals surface area contributed by atoms with E-state index in [1.54, 1.807) is 6.20 Å². The molecule has 1 aromatic rings. The Morgan fingerprint density at radius 2 is 2.04 bits per heavy atom. The molecule has 1 aliphatic carbocycles. The van der Waals surface area contributed by atoms with Gasteiger partial charge in [-0.2, -0.15) is 0 Å². The van der Waals surface area contributed by atoms with Gasteiger partial charge in [-0.15, -0.1) is 0 Å². The van der Waals surface area contributed by atoms with Gasteiger partial charge in [0.05, 0.1) is 10.7 Å². The van der Waals surface area contributed by atoms with Crippen LogP contribution < -0.4 is 0 Å². The van der Waals surface area contributed by atoms with E-state index in [1.807, 2.05) is 12.3 Å². The Hall–Kier alpha value is -1.65. The van der Waals surface area contributed by atoms with E-state index in [1.165, 1.54) is 18.5 Å². The van der Waals surface area contributed by atoms with E-state index in [2.05, 4.69) is 47.9 Å². The van der Waals surface area contributed by atoms with Crippen LogP contribution in [0, 0.1) is 5.92 Å². The first-order valence-corrected chi connectivity index (χ1v) is 8.50. The molecule has 0 N–H and O–H groups in total. The van der Waals surface area contributed by atoms with Crippen LogP contribution in [0.1, 0.15) is 39.2 Å². The Bertz CT molecular complexity index is 743. The minimum absolute atomic E-state index is 0.165. The molecule has 1 fully saturated rings. The highest BCUT2D eigenvalue weighted by molar-refractivity contribution is 6.31. The van der Waals surface area contributed by atoms with Crippen molar-refractivity contribution in [3.05, 3.63) is 52.7 Å². The molecule has 0 bridgehead atoms. The third-order valence-electron chi connectivity index (χ3n) is 5.06. The third-order valence-corrected chi connectivity index (χ3v) is 5.27. The zero-order valence-corrected chi connectivity index (χ0v) is 14.5. The minimum Gasteiger partial charge on any atom is -0.262 e. The summed E-state index contributed by atoms with van der Waals surface area (Å²) in [6.45, 7) is 7.74. The maximum Gasteiger partial charge on any atom is 0.145 e. The van der Waals surface area contributed by atoms with Crippen molar-refractivity contribution in [2.75, 3.05) is 6.54 Å². The minimum atomic E-state index is 0.165. The van der Waals surface area contributed by atoms with Gasteiger partial charge in [-0.05, 0) is 57.7 Å². The topological polar surface area (TPSA) is 31.7 Å². The van der Waals surface area contributed by atoms with E-state index in [9.17, 15) is 0 Å². The molecule has 1 aromatic heterocycles. The molecule has 120 valence electrons. The average Bonchev–Trinajstić information content (AvgIpc) is 3.27. The van der Waals surface area contributed by atoms with Crippen molar-refractivity contribution in [3.8, 4) is 0 Å². The maximum atomic E-state index is 6.07. The van der Waals surface area contributed by atoms with Crippen LogP contribution in [-0.4, -0.2) is 32.8 Å². The van der Waals surface area contributed by atoms with E-state index >= 15 is 0 Å². The second kappa shape index (κ2) is 5.18. The van der Waals surface area contributed by atoms with Gasteiger partial charge < -0.3 is 0 Å². The van der Waals surface area contributed by atoms with Gasteiger partial charge in [0.1, 0.15) is 5.82 Å². The molecule has 5 heteroatoms. The number of nitrogens with zero attached hydrogens (tertiary/aromatic N) is 4. The van der Waals surface area contributed by atoms with E-state index in [0.717, 1.165) is 29.6 Å². The van der Waals surface area contributed by atoms with Gasteiger partial charge in [0.15, 0.2) is 0 Å². The van der Waals surface area contributed by atoms with Gasteiger partial charge in [0.2, 0.25) is 0 Å². The Morgan fingerprint density at radius 1 is 1.26 bits per heavy atom. The molecule has 0 aromatic carbocycles. The number of hydrazine groups is 1. The Kier molecular flexibility index (Phi) is 3.36. The highest BCUT2D eigenvalue weighted by Gasteiger charge is 2.46. The molecule has 4 rings (SSSR count). The number of fused-ring (bicyclic) bond motifs is 1. The molecule has 0 amide bonds.